The molecular formula is C52H87ClMgN4O12P4. The summed E-state index contributed by atoms with van der Waals surface area (Å²) in [4.78, 5) is 0. The summed E-state index contributed by atoms with van der Waals surface area (Å²) in [5.41, 5.74) is 8.97. The van der Waals surface area contributed by atoms with E-state index in [9.17, 15) is 18.3 Å². The van der Waals surface area contributed by atoms with Crippen LogP contribution in [0.15, 0.2) is 121 Å². The van der Waals surface area contributed by atoms with Crippen LogP contribution in [0.25, 0.3) is 0 Å². The van der Waals surface area contributed by atoms with E-state index in [1.165, 1.54) is 16.7 Å². The van der Waals surface area contributed by atoms with E-state index in [4.69, 9.17) is 27.6 Å². The van der Waals surface area contributed by atoms with Gasteiger partial charge in [0.1, 0.15) is 0 Å². The molecule has 1 aliphatic heterocycles. The molecule has 0 spiro atoms. The van der Waals surface area contributed by atoms with Crippen molar-refractivity contribution in [3.05, 3.63) is 144 Å². The first-order valence-corrected chi connectivity index (χ1v) is 29.2. The molecule has 0 aliphatic carbocycles. The van der Waals surface area contributed by atoms with Crippen LogP contribution in [0.2, 0.25) is 0 Å². The smallest absolute Gasteiger partial charge is 1.00 e. The van der Waals surface area contributed by atoms with E-state index in [2.05, 4.69) is 50.4 Å². The molecular weight excluding hydrogens is 1060 g/mol. The van der Waals surface area contributed by atoms with Gasteiger partial charge in [0.2, 0.25) is 0 Å². The number of hydrogen-bond acceptors (Lipinski definition) is 14. The van der Waals surface area contributed by atoms with Gasteiger partial charge < -0.3 is 21.9 Å². The summed E-state index contributed by atoms with van der Waals surface area (Å²) in [6, 6.07) is 43.4. The number of hydrogen-bond donors (Lipinski definition) is 3. The molecule has 1 saturated heterocycles. The van der Waals surface area contributed by atoms with E-state index in [-0.39, 0.29) is 70.8 Å². The molecule has 5 atom stereocenters. The Balaban J connectivity index is -0.000000401. The first-order valence-electron chi connectivity index (χ1n) is 24.7. The Kier molecular flexibility index (Phi) is 57.9. The quantitative estimate of drug-likeness (QED) is 0.0169. The summed E-state index contributed by atoms with van der Waals surface area (Å²) in [7, 11) is -6.72. The molecule has 416 valence electrons. The van der Waals surface area contributed by atoms with Crippen LogP contribution < -0.4 is 28.5 Å². The van der Waals surface area contributed by atoms with Crippen molar-refractivity contribution >= 4 is 55.9 Å². The normalized spacial score (nSPS) is 14.3. The zero-order valence-electron chi connectivity index (χ0n) is 46.1. The molecule has 0 saturated carbocycles. The van der Waals surface area contributed by atoms with Gasteiger partial charge in [-0.05, 0) is 112 Å². The first-order chi connectivity index (χ1) is 34.7. The van der Waals surface area contributed by atoms with Crippen molar-refractivity contribution in [2.45, 2.75) is 120 Å². The van der Waals surface area contributed by atoms with Gasteiger partial charge in [-0.2, -0.15) is 47.4 Å². The summed E-state index contributed by atoms with van der Waals surface area (Å²) < 4.78 is 85.1. The van der Waals surface area contributed by atoms with Crippen LogP contribution in [-0.4, -0.2) is 112 Å². The van der Waals surface area contributed by atoms with Gasteiger partial charge in [-0.1, -0.05) is 97.9 Å². The molecule has 4 aromatic carbocycles. The second-order valence-electron chi connectivity index (χ2n) is 15.2. The number of rotatable bonds is 27. The van der Waals surface area contributed by atoms with Crippen LogP contribution in [0.5, 0.6) is 0 Å². The summed E-state index contributed by atoms with van der Waals surface area (Å²) in [5, 5.41) is 2.91. The number of halogens is 1. The minimum Gasteiger partial charge on any atom is -1.00 e. The molecule has 1 heterocycles. The van der Waals surface area contributed by atoms with Gasteiger partial charge in [0.15, 0.2) is 0 Å². The van der Waals surface area contributed by atoms with Crippen molar-refractivity contribution in [1.29, 1.82) is 0 Å². The van der Waals surface area contributed by atoms with Gasteiger partial charge >= 0.3 is 55.9 Å². The number of nitrogens with one attached hydrogen (secondary N) is 3. The van der Waals surface area contributed by atoms with E-state index in [1.807, 2.05) is 172 Å². The number of nitrogens with zero attached hydrogens (tertiary/aromatic N) is 1. The predicted octanol–water partition coefficient (Wildman–Crippen LogP) is 10.3. The zero-order chi connectivity index (χ0) is 54.1. The Morgan fingerprint density at radius 1 is 0.581 bits per heavy atom. The van der Waals surface area contributed by atoms with Gasteiger partial charge in [-0.25, -0.2) is 37.3 Å². The van der Waals surface area contributed by atoms with E-state index in [0.717, 1.165) is 45.8 Å². The fraction of sp³-hybridized carbons (Fsp3) is 0.538. The van der Waals surface area contributed by atoms with Crippen LogP contribution in [0, 0.1) is 6.07 Å². The number of ether oxygens (including phenoxy) is 2. The van der Waals surface area contributed by atoms with Crippen LogP contribution >= 0.6 is 32.9 Å². The Bertz CT molecular complexity index is 1790. The molecule has 3 N–H and O–H groups in total. The Hall–Kier alpha value is -1.88. The van der Waals surface area contributed by atoms with Crippen LogP contribution in [-0.2, 0) is 67.9 Å². The van der Waals surface area contributed by atoms with E-state index < -0.39 is 15.5 Å². The maximum atomic E-state index is 12.2. The molecule has 1 aliphatic rings. The molecule has 5 rings (SSSR count). The Morgan fingerprint density at radius 3 is 1.20 bits per heavy atom. The molecule has 0 radical (unpaired) electrons. The molecule has 16 nitrogen and oxygen atoms in total. The second-order valence-corrected chi connectivity index (χ2v) is 19.6. The van der Waals surface area contributed by atoms with E-state index in [0.29, 0.717) is 39.0 Å². The maximum Gasteiger partial charge on any atom is 2.00 e. The van der Waals surface area contributed by atoms with Gasteiger partial charge in [0, 0.05) is 57.6 Å². The molecule has 0 amide bonds. The fourth-order valence-corrected chi connectivity index (χ4v) is 9.51. The summed E-state index contributed by atoms with van der Waals surface area (Å²) in [6.45, 7) is 29.6. The molecule has 1 fully saturated rings. The Labute approximate surface area is 471 Å². The van der Waals surface area contributed by atoms with Crippen LogP contribution in [0.3, 0.4) is 0 Å². The molecule has 0 bridgehead atoms. The second kappa shape index (κ2) is 54.5. The largest absolute Gasteiger partial charge is 2.00 e. The summed E-state index contributed by atoms with van der Waals surface area (Å²) in [5.74, 6) is 0.250. The number of benzene rings is 4. The van der Waals surface area contributed by atoms with Crippen molar-refractivity contribution in [3.63, 3.8) is 0 Å². The van der Waals surface area contributed by atoms with E-state index >= 15 is 0 Å². The molecule has 5 unspecified atom stereocenters. The molecule has 0 aromatic heterocycles. The predicted molar refractivity (Wildman–Crippen MR) is 299 cm³/mol. The third-order valence-electron chi connectivity index (χ3n) is 9.06. The van der Waals surface area contributed by atoms with Crippen molar-refractivity contribution in [2.24, 2.45) is 0 Å². The van der Waals surface area contributed by atoms with Crippen molar-refractivity contribution in [1.82, 2.24) is 20.7 Å². The van der Waals surface area contributed by atoms with Gasteiger partial charge in [-0.15, -0.1) is 0 Å². The standard InChI is InChI=1S/C13H22NO3P.2C9H12NO2P.C7H16NO3P.C6H5.2C4H10O.ClH.Mg/c1-4-16-18(15,17-5-2)14-11-12(3)13-9-7-6-8-10-13;2*1-8(10-12-13-11)7-9-5-3-2-4-6-9;1-4-10-12(9,11-5-2)8-6-7(8)3;1-2-4-6-5-3-1;2*1-3-5-4-2;;/h6-10,12H,4-5,11H2,1-3H3,(H,14,15);2*2-6,8,10H,7H2,1H3;7H,4-6H2,1-3H3;1-5H;2*3-4H2,1-2H3;1H;/q;;;;-1;;;;+2/p-1. The zero-order valence-corrected chi connectivity index (χ0v) is 51.8. The minimum atomic E-state index is -3.14. The topological polar surface area (TPSA) is 181 Å². The van der Waals surface area contributed by atoms with Crippen molar-refractivity contribution in [3.8, 4) is 0 Å². The average Bonchev–Trinajstić information content (AvgIpc) is 4.15. The van der Waals surface area contributed by atoms with Crippen LogP contribution in [0.1, 0.15) is 106 Å². The van der Waals surface area contributed by atoms with E-state index in [1.54, 1.807) is 18.5 Å². The van der Waals surface area contributed by atoms with Gasteiger partial charge in [0.25, 0.3) is 0 Å². The minimum absolute atomic E-state index is 0. The fourth-order valence-electron chi connectivity index (χ4n) is 5.69. The van der Waals surface area contributed by atoms with Crippen molar-refractivity contribution < 1.29 is 67.5 Å². The van der Waals surface area contributed by atoms with Gasteiger partial charge in [-0.3, -0.25) is 18.1 Å². The van der Waals surface area contributed by atoms with Crippen molar-refractivity contribution in [2.75, 3.05) is 65.9 Å². The average molecular weight is 1140 g/mol. The summed E-state index contributed by atoms with van der Waals surface area (Å²) >= 11 is 0. The number of hydroxylamine groups is 2. The third kappa shape index (κ3) is 45.2. The summed E-state index contributed by atoms with van der Waals surface area (Å²) in [6.07, 6.45) is 1.72. The first kappa shape index (κ1) is 78.6. The molecule has 22 heteroatoms. The Morgan fingerprint density at radius 2 is 0.932 bits per heavy atom. The molecule has 74 heavy (non-hydrogen) atoms. The third-order valence-corrected chi connectivity index (χ3v) is 13.5. The monoisotopic (exact) mass is 1140 g/mol. The molecule has 4 aromatic rings. The SMILES string of the molecule is CC(Cc1ccccc1)NOP=O.CC(Cc1ccccc1)NOP=O.CCOCC.CCOCC.CCOP(=O)(NCC(C)c1ccccc1)OCC.CCOP(=O)(OCC)N1CC1C.[Cl-].[Mg+2].[c-]1ccccc1. The maximum absolute atomic E-state index is 12.2. The van der Waals surface area contributed by atoms with Crippen LogP contribution in [0.4, 0.5) is 0 Å². The van der Waals surface area contributed by atoms with Gasteiger partial charge in [0.05, 0.1) is 26.4 Å².